The summed E-state index contributed by atoms with van der Waals surface area (Å²) >= 11 is 1.68. The summed E-state index contributed by atoms with van der Waals surface area (Å²) in [7, 11) is 0. The molecule has 0 unspecified atom stereocenters. The van der Waals surface area contributed by atoms with Crippen LogP contribution in [0.1, 0.15) is 17.8 Å². The van der Waals surface area contributed by atoms with Crippen molar-refractivity contribution >= 4 is 17.2 Å². The Morgan fingerprint density at radius 1 is 1.59 bits per heavy atom. The number of thiophene rings is 1. The van der Waals surface area contributed by atoms with Gasteiger partial charge in [0.2, 0.25) is 5.91 Å². The van der Waals surface area contributed by atoms with Gasteiger partial charge in [0, 0.05) is 31.1 Å². The molecule has 0 aromatic carbocycles. The molecule has 0 spiro atoms. The molecule has 1 saturated heterocycles. The van der Waals surface area contributed by atoms with Crippen molar-refractivity contribution in [3.63, 3.8) is 0 Å². The first-order chi connectivity index (χ1) is 8.25. The van der Waals surface area contributed by atoms with Crippen LogP contribution in [0, 0.1) is 0 Å². The molecule has 5 heteroatoms. The summed E-state index contributed by atoms with van der Waals surface area (Å²) in [5, 5.41) is 8.35. The molecule has 1 aliphatic rings. The Kier molecular flexibility index (Phi) is 4.53. The number of hydrogen-bond acceptors (Lipinski definition) is 4. The fraction of sp³-hybridized carbons (Fsp3) is 0.583. The molecule has 1 atom stereocenters. The predicted octanol–water partition coefficient (Wildman–Crippen LogP) is 0.831. The zero-order chi connectivity index (χ0) is 12.1. The SMILES string of the molecule is C[C@H](NC(=O)CN1CCNCC1)c1cccs1. The van der Waals surface area contributed by atoms with Gasteiger partial charge in [0.15, 0.2) is 0 Å². The van der Waals surface area contributed by atoms with Gasteiger partial charge in [-0.2, -0.15) is 0 Å². The van der Waals surface area contributed by atoms with Crippen molar-refractivity contribution in [3.8, 4) is 0 Å². The van der Waals surface area contributed by atoms with Crippen LogP contribution in [0.25, 0.3) is 0 Å². The molecule has 0 radical (unpaired) electrons. The van der Waals surface area contributed by atoms with Crippen molar-refractivity contribution in [2.45, 2.75) is 13.0 Å². The van der Waals surface area contributed by atoms with Gasteiger partial charge >= 0.3 is 0 Å². The summed E-state index contributed by atoms with van der Waals surface area (Å²) in [5.41, 5.74) is 0. The third-order valence-electron chi connectivity index (χ3n) is 2.92. The van der Waals surface area contributed by atoms with Gasteiger partial charge in [-0.3, -0.25) is 9.69 Å². The zero-order valence-electron chi connectivity index (χ0n) is 10.1. The normalized spacial score (nSPS) is 18.9. The first-order valence-electron chi connectivity index (χ1n) is 6.01. The number of nitrogens with zero attached hydrogens (tertiary/aromatic N) is 1. The molecule has 17 heavy (non-hydrogen) atoms. The zero-order valence-corrected chi connectivity index (χ0v) is 10.9. The minimum Gasteiger partial charge on any atom is -0.348 e. The largest absolute Gasteiger partial charge is 0.348 e. The van der Waals surface area contributed by atoms with E-state index in [4.69, 9.17) is 0 Å². The first kappa shape index (κ1) is 12.5. The fourth-order valence-electron chi connectivity index (χ4n) is 1.97. The highest BCUT2D eigenvalue weighted by molar-refractivity contribution is 7.10. The molecule has 2 rings (SSSR count). The van der Waals surface area contributed by atoms with E-state index in [0.717, 1.165) is 26.2 Å². The third kappa shape index (κ3) is 3.80. The van der Waals surface area contributed by atoms with Crippen LogP contribution in [0.3, 0.4) is 0 Å². The van der Waals surface area contributed by atoms with Gasteiger partial charge in [0.05, 0.1) is 12.6 Å². The van der Waals surface area contributed by atoms with E-state index in [-0.39, 0.29) is 11.9 Å². The highest BCUT2D eigenvalue weighted by Gasteiger charge is 2.15. The molecule has 2 N–H and O–H groups in total. The summed E-state index contributed by atoms with van der Waals surface area (Å²) < 4.78 is 0. The van der Waals surface area contributed by atoms with Crippen LogP contribution in [0.2, 0.25) is 0 Å². The van der Waals surface area contributed by atoms with Crippen LogP contribution in [-0.2, 0) is 4.79 Å². The molecule has 1 aromatic rings. The average Bonchev–Trinajstić information content (AvgIpc) is 2.83. The monoisotopic (exact) mass is 253 g/mol. The van der Waals surface area contributed by atoms with Crippen molar-refractivity contribution < 1.29 is 4.79 Å². The Morgan fingerprint density at radius 2 is 2.35 bits per heavy atom. The van der Waals surface area contributed by atoms with E-state index in [9.17, 15) is 4.79 Å². The van der Waals surface area contributed by atoms with Crippen molar-refractivity contribution in [1.29, 1.82) is 0 Å². The lowest BCUT2D eigenvalue weighted by molar-refractivity contribution is -0.123. The van der Waals surface area contributed by atoms with Gasteiger partial charge in [-0.25, -0.2) is 0 Å². The van der Waals surface area contributed by atoms with Crippen LogP contribution in [0.4, 0.5) is 0 Å². The Hall–Kier alpha value is -0.910. The van der Waals surface area contributed by atoms with Crippen LogP contribution in [0.15, 0.2) is 17.5 Å². The molecule has 94 valence electrons. The number of carbonyl (C=O) groups excluding carboxylic acids is 1. The highest BCUT2D eigenvalue weighted by Crippen LogP contribution is 2.17. The van der Waals surface area contributed by atoms with Crippen molar-refractivity contribution in [1.82, 2.24) is 15.5 Å². The van der Waals surface area contributed by atoms with Gasteiger partial charge in [0.1, 0.15) is 0 Å². The molecular formula is C12H19N3OS. The summed E-state index contributed by atoms with van der Waals surface area (Å²) in [6, 6.07) is 4.18. The smallest absolute Gasteiger partial charge is 0.234 e. The number of piperazine rings is 1. The molecular weight excluding hydrogens is 234 g/mol. The third-order valence-corrected chi connectivity index (χ3v) is 3.98. The lowest BCUT2D eigenvalue weighted by Gasteiger charge is -2.27. The number of hydrogen-bond donors (Lipinski definition) is 2. The molecule has 0 bridgehead atoms. The van der Waals surface area contributed by atoms with E-state index in [1.165, 1.54) is 4.88 Å². The minimum atomic E-state index is 0.116. The van der Waals surface area contributed by atoms with Gasteiger partial charge in [0.25, 0.3) is 0 Å². The summed E-state index contributed by atoms with van der Waals surface area (Å²) in [5.74, 6) is 0.118. The van der Waals surface area contributed by atoms with Crippen LogP contribution >= 0.6 is 11.3 Å². The maximum Gasteiger partial charge on any atom is 0.234 e. The molecule has 0 aliphatic carbocycles. The Bertz CT molecular complexity index is 347. The van der Waals surface area contributed by atoms with Gasteiger partial charge < -0.3 is 10.6 Å². The number of carbonyl (C=O) groups is 1. The second-order valence-corrected chi connectivity index (χ2v) is 5.31. The first-order valence-corrected chi connectivity index (χ1v) is 6.89. The maximum atomic E-state index is 11.8. The quantitative estimate of drug-likeness (QED) is 0.835. The van der Waals surface area contributed by atoms with E-state index in [2.05, 4.69) is 21.6 Å². The van der Waals surface area contributed by atoms with Gasteiger partial charge in [-0.05, 0) is 18.4 Å². The Balaban J connectivity index is 1.76. The van der Waals surface area contributed by atoms with E-state index in [1.807, 2.05) is 18.4 Å². The van der Waals surface area contributed by atoms with Crippen molar-refractivity contribution in [3.05, 3.63) is 22.4 Å². The summed E-state index contributed by atoms with van der Waals surface area (Å²) in [4.78, 5) is 15.2. The summed E-state index contributed by atoms with van der Waals surface area (Å²) in [6.07, 6.45) is 0. The molecule has 1 amide bonds. The van der Waals surface area contributed by atoms with Crippen LogP contribution in [0.5, 0.6) is 0 Å². The average molecular weight is 253 g/mol. The molecule has 4 nitrogen and oxygen atoms in total. The topological polar surface area (TPSA) is 44.4 Å². The van der Waals surface area contributed by atoms with E-state index >= 15 is 0 Å². The molecule has 1 aliphatic heterocycles. The second kappa shape index (κ2) is 6.14. The van der Waals surface area contributed by atoms with Crippen molar-refractivity contribution in [2.75, 3.05) is 32.7 Å². The van der Waals surface area contributed by atoms with E-state index < -0.39 is 0 Å². The fourth-order valence-corrected chi connectivity index (χ4v) is 2.70. The van der Waals surface area contributed by atoms with E-state index in [1.54, 1.807) is 11.3 Å². The predicted molar refractivity (Wildman–Crippen MR) is 70.2 cm³/mol. The van der Waals surface area contributed by atoms with Crippen LogP contribution in [-0.4, -0.2) is 43.5 Å². The number of rotatable bonds is 4. The van der Waals surface area contributed by atoms with E-state index in [0.29, 0.717) is 6.54 Å². The van der Waals surface area contributed by atoms with Gasteiger partial charge in [-0.15, -0.1) is 11.3 Å². The van der Waals surface area contributed by atoms with Gasteiger partial charge in [-0.1, -0.05) is 6.07 Å². The standard InChI is InChI=1S/C12H19N3OS/c1-10(11-3-2-8-17-11)14-12(16)9-15-6-4-13-5-7-15/h2-3,8,10,13H,4-7,9H2,1H3,(H,14,16)/t10-/m0/s1. The molecule has 1 fully saturated rings. The Labute approximate surface area is 106 Å². The number of amides is 1. The lowest BCUT2D eigenvalue weighted by Crippen LogP contribution is -2.47. The number of nitrogens with one attached hydrogen (secondary N) is 2. The molecule has 1 aromatic heterocycles. The van der Waals surface area contributed by atoms with Crippen LogP contribution < -0.4 is 10.6 Å². The molecule has 2 heterocycles. The maximum absolute atomic E-state index is 11.8. The van der Waals surface area contributed by atoms with Crippen molar-refractivity contribution in [2.24, 2.45) is 0 Å². The lowest BCUT2D eigenvalue weighted by atomic mass is 10.2. The second-order valence-electron chi connectivity index (χ2n) is 4.33. The Morgan fingerprint density at radius 3 is 3.00 bits per heavy atom. The highest BCUT2D eigenvalue weighted by atomic mass is 32.1. The summed E-state index contributed by atoms with van der Waals surface area (Å²) in [6.45, 7) is 6.42. The molecule has 0 saturated carbocycles. The minimum absolute atomic E-state index is 0.116.